The number of hydrogen-bond donors (Lipinski definition) is 1. The molecule has 1 aromatic rings. The molecule has 0 radical (unpaired) electrons. The first-order valence-electron chi connectivity index (χ1n) is 4.91. The van der Waals surface area contributed by atoms with E-state index >= 15 is 0 Å². The van der Waals surface area contributed by atoms with Gasteiger partial charge in [-0.1, -0.05) is 19.1 Å². The summed E-state index contributed by atoms with van der Waals surface area (Å²) in [7, 11) is -7.66. The lowest BCUT2D eigenvalue weighted by molar-refractivity contribution is 0.120. The molecule has 0 spiro atoms. The molecule has 0 fully saturated rings. The van der Waals surface area contributed by atoms with Crippen LogP contribution in [0.2, 0.25) is 0 Å². The lowest BCUT2D eigenvalue weighted by Crippen LogP contribution is -2.12. The molecule has 1 atom stereocenters. The van der Waals surface area contributed by atoms with E-state index < -0.39 is 35.9 Å². The molecule has 0 aliphatic rings. The molecular weight excluding hydrogens is 286 g/mol. The smallest absolute Gasteiger partial charge is 0.318 e. The van der Waals surface area contributed by atoms with Crippen molar-refractivity contribution in [2.45, 2.75) is 18.2 Å². The number of halogens is 1. The van der Waals surface area contributed by atoms with Crippen molar-refractivity contribution in [2.75, 3.05) is 6.79 Å². The summed E-state index contributed by atoms with van der Waals surface area (Å²) in [5.74, 6) is -0.939. The standard InChI is InChI=1S/C9H12FO6PS/c1-2-7-4-3-5-8(10)9(7)18(13,14)16-6-15-17(11)12/h3-5,17H,2,6H2,1H3,(H,11,12). The van der Waals surface area contributed by atoms with E-state index in [1.165, 1.54) is 12.1 Å². The lowest BCUT2D eigenvalue weighted by atomic mass is 10.2. The Morgan fingerprint density at radius 1 is 1.44 bits per heavy atom. The molecular formula is C9H12FO6PS. The van der Waals surface area contributed by atoms with Gasteiger partial charge in [-0.15, -0.1) is 0 Å². The van der Waals surface area contributed by atoms with Crippen LogP contribution < -0.4 is 0 Å². The van der Waals surface area contributed by atoms with Crippen LogP contribution in [0, 0.1) is 5.82 Å². The molecule has 1 N–H and O–H groups in total. The number of benzene rings is 1. The van der Waals surface area contributed by atoms with Crippen LogP contribution in [0.15, 0.2) is 23.1 Å². The summed E-state index contributed by atoms with van der Waals surface area (Å²) in [6, 6.07) is 3.83. The Labute approximate surface area is 104 Å². The molecule has 102 valence electrons. The summed E-state index contributed by atoms with van der Waals surface area (Å²) in [5.41, 5.74) is 0.256. The summed E-state index contributed by atoms with van der Waals surface area (Å²) in [6.07, 6.45) is 0.299. The molecule has 0 aromatic heterocycles. The molecule has 1 unspecified atom stereocenters. The van der Waals surface area contributed by atoms with Crippen LogP contribution in [0.4, 0.5) is 4.39 Å². The summed E-state index contributed by atoms with van der Waals surface area (Å²) in [5, 5.41) is 0. The number of rotatable bonds is 6. The van der Waals surface area contributed by atoms with Crippen LogP contribution in [0.3, 0.4) is 0 Å². The minimum atomic E-state index is -4.36. The highest BCUT2D eigenvalue weighted by Gasteiger charge is 2.23. The van der Waals surface area contributed by atoms with Crippen molar-refractivity contribution in [2.24, 2.45) is 0 Å². The summed E-state index contributed by atoms with van der Waals surface area (Å²) < 4.78 is 55.6. The average Bonchev–Trinajstić information content (AvgIpc) is 2.27. The van der Waals surface area contributed by atoms with Gasteiger partial charge < -0.3 is 4.89 Å². The quantitative estimate of drug-likeness (QED) is 0.485. The normalized spacial score (nSPS) is 13.5. The Morgan fingerprint density at radius 3 is 2.67 bits per heavy atom. The predicted octanol–water partition coefficient (Wildman–Crippen LogP) is 1.45. The molecule has 0 aliphatic heterocycles. The summed E-state index contributed by atoms with van der Waals surface area (Å²) in [6.45, 7) is 0.727. The second kappa shape index (κ2) is 6.40. The predicted molar refractivity (Wildman–Crippen MR) is 61.2 cm³/mol. The highest BCUT2D eigenvalue weighted by molar-refractivity contribution is 7.86. The first-order chi connectivity index (χ1) is 8.38. The highest BCUT2D eigenvalue weighted by atomic mass is 32.2. The maximum absolute atomic E-state index is 13.5. The van der Waals surface area contributed by atoms with Crippen LogP contribution in [0.5, 0.6) is 0 Å². The molecule has 1 rings (SSSR count). The largest absolute Gasteiger partial charge is 0.326 e. The lowest BCUT2D eigenvalue weighted by Gasteiger charge is -2.09. The molecule has 6 nitrogen and oxygen atoms in total. The van der Waals surface area contributed by atoms with E-state index in [9.17, 15) is 17.4 Å². The molecule has 0 saturated heterocycles. The maximum atomic E-state index is 13.5. The van der Waals surface area contributed by atoms with E-state index in [1.807, 2.05) is 0 Å². The zero-order valence-corrected chi connectivity index (χ0v) is 11.2. The second-order valence-corrected chi connectivity index (χ2v) is 5.55. The van der Waals surface area contributed by atoms with Crippen LogP contribution in [0.1, 0.15) is 12.5 Å². The van der Waals surface area contributed by atoms with Crippen LogP contribution in [-0.4, -0.2) is 20.1 Å². The fraction of sp³-hybridized carbons (Fsp3) is 0.333. The number of hydrogen-bond acceptors (Lipinski definition) is 5. The fourth-order valence-electron chi connectivity index (χ4n) is 1.31. The van der Waals surface area contributed by atoms with Gasteiger partial charge in [-0.3, -0.25) is 9.09 Å². The fourth-order valence-corrected chi connectivity index (χ4v) is 2.69. The van der Waals surface area contributed by atoms with Crippen molar-refractivity contribution in [3.05, 3.63) is 29.6 Å². The van der Waals surface area contributed by atoms with Crippen molar-refractivity contribution in [3.63, 3.8) is 0 Å². The summed E-state index contributed by atoms with van der Waals surface area (Å²) >= 11 is 0. The van der Waals surface area contributed by atoms with Crippen molar-refractivity contribution >= 4 is 18.4 Å². The molecule has 0 aliphatic carbocycles. The molecule has 9 heteroatoms. The SMILES string of the molecule is CCc1cccc(F)c1S(=O)(=O)OCO[PH](=O)O. The summed E-state index contributed by atoms with van der Waals surface area (Å²) in [4.78, 5) is 7.78. The van der Waals surface area contributed by atoms with Crippen LogP contribution in [0.25, 0.3) is 0 Å². The Morgan fingerprint density at radius 2 is 2.11 bits per heavy atom. The van der Waals surface area contributed by atoms with Gasteiger partial charge in [-0.05, 0) is 18.1 Å². The Kier molecular flexibility index (Phi) is 5.43. The molecule has 1 aromatic carbocycles. The third-order valence-electron chi connectivity index (χ3n) is 2.07. The van der Waals surface area contributed by atoms with E-state index in [0.717, 1.165) is 6.07 Å². The third kappa shape index (κ3) is 3.86. The zero-order valence-electron chi connectivity index (χ0n) is 9.42. The Hall–Kier alpha value is -0.790. The molecule has 0 saturated carbocycles. The van der Waals surface area contributed by atoms with Crippen molar-refractivity contribution in [3.8, 4) is 0 Å². The van der Waals surface area contributed by atoms with E-state index in [2.05, 4.69) is 8.71 Å². The monoisotopic (exact) mass is 298 g/mol. The van der Waals surface area contributed by atoms with E-state index in [-0.39, 0.29) is 5.56 Å². The van der Waals surface area contributed by atoms with E-state index in [1.54, 1.807) is 6.92 Å². The van der Waals surface area contributed by atoms with E-state index in [4.69, 9.17) is 4.89 Å². The van der Waals surface area contributed by atoms with Gasteiger partial charge in [-0.2, -0.15) is 8.42 Å². The minimum absolute atomic E-state index is 0.256. The van der Waals surface area contributed by atoms with Gasteiger partial charge in [0.1, 0.15) is 10.7 Å². The van der Waals surface area contributed by atoms with Crippen molar-refractivity contribution < 1.29 is 31.0 Å². The Bertz CT molecular complexity index is 544. The van der Waals surface area contributed by atoms with Crippen LogP contribution in [-0.2, 0) is 29.8 Å². The van der Waals surface area contributed by atoms with Gasteiger partial charge in [-0.25, -0.2) is 8.57 Å². The topological polar surface area (TPSA) is 89.9 Å². The van der Waals surface area contributed by atoms with Gasteiger partial charge in [0, 0.05) is 0 Å². The number of aryl methyl sites for hydroxylation is 1. The molecule has 0 heterocycles. The van der Waals surface area contributed by atoms with Gasteiger partial charge in [0.2, 0.25) is 0 Å². The molecule has 0 bridgehead atoms. The Balaban J connectivity index is 3.01. The van der Waals surface area contributed by atoms with Crippen molar-refractivity contribution in [1.29, 1.82) is 0 Å². The zero-order chi connectivity index (χ0) is 13.8. The van der Waals surface area contributed by atoms with E-state index in [0.29, 0.717) is 6.42 Å². The van der Waals surface area contributed by atoms with Gasteiger partial charge in [0.25, 0.3) is 0 Å². The molecule has 0 amide bonds. The van der Waals surface area contributed by atoms with Crippen molar-refractivity contribution in [1.82, 2.24) is 0 Å². The first kappa shape index (κ1) is 15.3. The highest BCUT2D eigenvalue weighted by Crippen LogP contribution is 2.23. The second-order valence-electron chi connectivity index (χ2n) is 3.18. The van der Waals surface area contributed by atoms with Gasteiger partial charge in [0.15, 0.2) is 6.79 Å². The van der Waals surface area contributed by atoms with Gasteiger partial charge >= 0.3 is 18.4 Å². The third-order valence-corrected chi connectivity index (χ3v) is 3.79. The minimum Gasteiger partial charge on any atom is -0.326 e. The molecule has 18 heavy (non-hydrogen) atoms. The average molecular weight is 298 g/mol. The first-order valence-corrected chi connectivity index (χ1v) is 7.58. The van der Waals surface area contributed by atoms with Gasteiger partial charge in [0.05, 0.1) is 0 Å². The maximum Gasteiger partial charge on any atom is 0.318 e. The van der Waals surface area contributed by atoms with Crippen LogP contribution >= 0.6 is 8.25 Å².